The lowest BCUT2D eigenvalue weighted by atomic mass is 9.97. The van der Waals surface area contributed by atoms with E-state index in [1.165, 1.54) is 12.1 Å². The molecule has 3 rings (SSSR count). The van der Waals surface area contributed by atoms with E-state index in [1.54, 1.807) is 26.4 Å². The zero-order valence-electron chi connectivity index (χ0n) is 15.9. The number of hydrogen-bond donors (Lipinski definition) is 0. The number of carbonyl (C=O) groups is 1. The molecule has 0 N–H and O–H groups in total. The van der Waals surface area contributed by atoms with Crippen LogP contribution in [0.15, 0.2) is 30.5 Å². The highest BCUT2D eigenvalue weighted by molar-refractivity contribution is 5.79. The van der Waals surface area contributed by atoms with E-state index in [9.17, 15) is 9.18 Å². The molecule has 146 valence electrons. The van der Waals surface area contributed by atoms with Crippen LogP contribution in [0.5, 0.6) is 0 Å². The summed E-state index contributed by atoms with van der Waals surface area (Å²) in [6.45, 7) is 2.68. The van der Waals surface area contributed by atoms with Gasteiger partial charge in [0, 0.05) is 40.3 Å². The first-order valence-electron chi connectivity index (χ1n) is 9.21. The second-order valence-corrected chi connectivity index (χ2v) is 6.72. The van der Waals surface area contributed by atoms with Gasteiger partial charge in [-0.1, -0.05) is 0 Å². The van der Waals surface area contributed by atoms with Gasteiger partial charge in [0.15, 0.2) is 0 Å². The molecule has 0 fully saturated rings. The number of aromatic nitrogens is 2. The maximum atomic E-state index is 13.2. The topological polar surface area (TPSA) is 56.6 Å². The van der Waals surface area contributed by atoms with Crippen molar-refractivity contribution < 1.29 is 18.7 Å². The van der Waals surface area contributed by atoms with E-state index in [0.717, 1.165) is 29.9 Å². The molecule has 27 heavy (non-hydrogen) atoms. The molecule has 0 spiro atoms. The Morgan fingerprint density at radius 2 is 1.89 bits per heavy atom. The number of benzene rings is 1. The van der Waals surface area contributed by atoms with Crippen LogP contribution in [0.3, 0.4) is 0 Å². The summed E-state index contributed by atoms with van der Waals surface area (Å²) < 4.78 is 25.6. The fourth-order valence-electron chi connectivity index (χ4n) is 3.48. The first-order chi connectivity index (χ1) is 13.1. The number of aryl methyl sites for hydroxylation is 1. The highest BCUT2D eigenvalue weighted by atomic mass is 19.1. The lowest BCUT2D eigenvalue weighted by Crippen LogP contribution is -2.43. The third-order valence-electron chi connectivity index (χ3n) is 4.99. The Morgan fingerprint density at radius 1 is 1.22 bits per heavy atom. The van der Waals surface area contributed by atoms with Gasteiger partial charge in [0.25, 0.3) is 0 Å². The lowest BCUT2D eigenvalue weighted by Gasteiger charge is -2.30. The van der Waals surface area contributed by atoms with Gasteiger partial charge in [0.05, 0.1) is 31.0 Å². The Labute approximate surface area is 158 Å². The minimum atomic E-state index is -0.267. The number of hydrogen-bond acceptors (Lipinski definition) is 4. The van der Waals surface area contributed by atoms with Gasteiger partial charge in [-0.25, -0.2) is 9.37 Å². The fraction of sp³-hybridized carbons (Fsp3) is 0.500. The predicted molar refractivity (Wildman–Crippen MR) is 99.8 cm³/mol. The first kappa shape index (κ1) is 19.5. The van der Waals surface area contributed by atoms with Crippen LogP contribution in [0.25, 0.3) is 11.3 Å². The van der Waals surface area contributed by atoms with E-state index in [1.807, 2.05) is 11.1 Å². The number of ether oxygens (including phenoxy) is 2. The second kappa shape index (κ2) is 9.10. The third kappa shape index (κ3) is 4.54. The Kier molecular flexibility index (Phi) is 6.58. The molecule has 2 aromatic rings. The molecule has 0 radical (unpaired) electrons. The van der Waals surface area contributed by atoms with Crippen LogP contribution >= 0.6 is 0 Å². The van der Waals surface area contributed by atoms with Gasteiger partial charge in [-0.05, 0) is 36.2 Å². The van der Waals surface area contributed by atoms with Gasteiger partial charge < -0.3 is 18.9 Å². The van der Waals surface area contributed by atoms with Crippen LogP contribution in [-0.4, -0.2) is 60.9 Å². The molecule has 1 atom stereocenters. The molecule has 1 aromatic heterocycles. The average Bonchev–Trinajstić information content (AvgIpc) is 3.11. The van der Waals surface area contributed by atoms with Crippen molar-refractivity contribution in [3.63, 3.8) is 0 Å². The van der Waals surface area contributed by atoms with E-state index in [2.05, 4.69) is 9.55 Å². The van der Waals surface area contributed by atoms with Crippen molar-refractivity contribution in [2.24, 2.45) is 5.92 Å². The van der Waals surface area contributed by atoms with Crippen LogP contribution in [0.2, 0.25) is 0 Å². The quantitative estimate of drug-likeness (QED) is 0.711. The normalized spacial score (nSPS) is 16.2. The summed E-state index contributed by atoms with van der Waals surface area (Å²) in [5.74, 6) is 0.712. The molecule has 0 saturated heterocycles. The number of amides is 1. The Hall–Kier alpha value is -2.25. The smallest absolute Gasteiger partial charge is 0.227 e. The van der Waals surface area contributed by atoms with Crippen LogP contribution in [0.4, 0.5) is 4.39 Å². The molecule has 1 aromatic carbocycles. The molecule has 1 aliphatic heterocycles. The first-order valence-corrected chi connectivity index (χ1v) is 9.21. The highest BCUT2D eigenvalue weighted by Crippen LogP contribution is 2.28. The fourth-order valence-corrected chi connectivity index (χ4v) is 3.48. The van der Waals surface area contributed by atoms with E-state index in [4.69, 9.17) is 9.47 Å². The minimum Gasteiger partial charge on any atom is -0.383 e. The van der Waals surface area contributed by atoms with Crippen LogP contribution < -0.4 is 0 Å². The number of carbonyl (C=O) groups excluding carboxylic acids is 1. The summed E-state index contributed by atoms with van der Waals surface area (Å²) in [6, 6.07) is 6.37. The maximum absolute atomic E-state index is 13.2. The van der Waals surface area contributed by atoms with Gasteiger partial charge in [0.2, 0.25) is 5.91 Å². The summed E-state index contributed by atoms with van der Waals surface area (Å²) in [4.78, 5) is 19.4. The second-order valence-electron chi connectivity index (χ2n) is 6.72. The number of fused-ring (bicyclic) bond motifs is 1. The zero-order chi connectivity index (χ0) is 19.2. The van der Waals surface area contributed by atoms with Crippen molar-refractivity contribution in [3.8, 4) is 11.3 Å². The molecule has 0 saturated carbocycles. The lowest BCUT2D eigenvalue weighted by molar-refractivity contribution is -0.137. The van der Waals surface area contributed by atoms with Gasteiger partial charge in [-0.15, -0.1) is 0 Å². The number of nitrogens with zero attached hydrogens (tertiary/aromatic N) is 3. The number of halogens is 1. The standard InChI is InChI=1S/C20H26FN3O3/c1-26-11-9-23(10-12-27-2)20(25)16-5-8-19-22-13-18(24(19)14-16)15-3-6-17(21)7-4-15/h3-4,6-7,13,16H,5,8-12,14H2,1-2H3. The Balaban J connectivity index is 1.77. The molecule has 6 nitrogen and oxygen atoms in total. The monoisotopic (exact) mass is 375 g/mol. The summed E-state index contributed by atoms with van der Waals surface area (Å²) in [5.41, 5.74) is 1.82. The molecule has 2 heterocycles. The molecule has 7 heteroatoms. The van der Waals surface area contributed by atoms with Gasteiger partial charge in [-0.3, -0.25) is 4.79 Å². The molecule has 0 bridgehead atoms. The predicted octanol–water partition coefficient (Wildman–Crippen LogP) is 2.37. The molecule has 0 aliphatic carbocycles. The van der Waals surface area contributed by atoms with Gasteiger partial charge >= 0.3 is 0 Å². The van der Waals surface area contributed by atoms with Crippen molar-refractivity contribution in [2.45, 2.75) is 19.4 Å². The summed E-state index contributed by atoms with van der Waals surface area (Å²) in [7, 11) is 3.26. The minimum absolute atomic E-state index is 0.111. The molecule has 1 amide bonds. The maximum Gasteiger partial charge on any atom is 0.227 e. The van der Waals surface area contributed by atoms with Crippen LogP contribution in [0.1, 0.15) is 12.2 Å². The summed E-state index contributed by atoms with van der Waals surface area (Å²) in [6.07, 6.45) is 3.33. The summed E-state index contributed by atoms with van der Waals surface area (Å²) >= 11 is 0. The zero-order valence-corrected chi connectivity index (χ0v) is 15.9. The van der Waals surface area contributed by atoms with Gasteiger partial charge in [0.1, 0.15) is 11.6 Å². The third-order valence-corrected chi connectivity index (χ3v) is 4.99. The molecular weight excluding hydrogens is 349 g/mol. The van der Waals surface area contributed by atoms with E-state index in [0.29, 0.717) is 32.8 Å². The molecule has 1 aliphatic rings. The van der Waals surface area contributed by atoms with Crippen molar-refractivity contribution in [1.82, 2.24) is 14.5 Å². The summed E-state index contributed by atoms with van der Waals surface area (Å²) in [5, 5.41) is 0. The van der Waals surface area contributed by atoms with Crippen molar-refractivity contribution in [1.29, 1.82) is 0 Å². The Bertz CT molecular complexity index is 752. The molecular formula is C20H26FN3O3. The van der Waals surface area contributed by atoms with E-state index >= 15 is 0 Å². The van der Waals surface area contributed by atoms with Crippen LogP contribution in [0, 0.1) is 11.7 Å². The molecule has 1 unspecified atom stereocenters. The van der Waals surface area contributed by atoms with E-state index < -0.39 is 0 Å². The average molecular weight is 375 g/mol. The van der Waals surface area contributed by atoms with Crippen LogP contribution in [-0.2, 0) is 27.2 Å². The van der Waals surface area contributed by atoms with Crippen molar-refractivity contribution in [3.05, 3.63) is 42.1 Å². The highest BCUT2D eigenvalue weighted by Gasteiger charge is 2.30. The Morgan fingerprint density at radius 3 is 2.52 bits per heavy atom. The number of imidazole rings is 1. The van der Waals surface area contributed by atoms with E-state index in [-0.39, 0.29) is 17.6 Å². The van der Waals surface area contributed by atoms with Crippen molar-refractivity contribution in [2.75, 3.05) is 40.5 Å². The largest absolute Gasteiger partial charge is 0.383 e. The van der Waals surface area contributed by atoms with Gasteiger partial charge in [-0.2, -0.15) is 0 Å². The number of rotatable bonds is 8. The SMILES string of the molecule is COCCN(CCOC)C(=O)C1CCc2ncc(-c3ccc(F)cc3)n2C1. The van der Waals surface area contributed by atoms with Crippen molar-refractivity contribution >= 4 is 5.91 Å². The number of methoxy groups -OCH3 is 2.